The fourth-order valence-corrected chi connectivity index (χ4v) is 3.91. The zero-order valence-corrected chi connectivity index (χ0v) is 17.1. The summed E-state index contributed by atoms with van der Waals surface area (Å²) < 4.78 is 30.1. The van der Waals surface area contributed by atoms with Crippen molar-refractivity contribution in [2.24, 2.45) is 0 Å². The molecule has 160 valence electrons. The van der Waals surface area contributed by atoms with Crippen LogP contribution >= 0.6 is 0 Å². The Balaban J connectivity index is 1.58. The van der Waals surface area contributed by atoms with Gasteiger partial charge in [-0.25, -0.2) is 0 Å². The maximum Gasteiger partial charge on any atom is 0.217 e. The quantitative estimate of drug-likeness (QED) is 0.785. The van der Waals surface area contributed by atoms with Gasteiger partial charge in [0.15, 0.2) is 12.6 Å². The second-order valence-corrected chi connectivity index (χ2v) is 7.44. The summed E-state index contributed by atoms with van der Waals surface area (Å²) in [5.41, 5.74) is 1.95. The van der Waals surface area contributed by atoms with E-state index in [4.69, 9.17) is 23.7 Å². The van der Waals surface area contributed by atoms with Gasteiger partial charge in [0, 0.05) is 19.6 Å². The SMILES string of the molecule is COC1OC2COC(c3ccccc3)OC2C(OCc2ccccc2)C1NC(C)=O. The second-order valence-electron chi connectivity index (χ2n) is 7.44. The van der Waals surface area contributed by atoms with Crippen LogP contribution in [-0.2, 0) is 35.1 Å². The van der Waals surface area contributed by atoms with Gasteiger partial charge in [-0.05, 0) is 5.56 Å². The normalized spacial score (nSPS) is 31.0. The summed E-state index contributed by atoms with van der Waals surface area (Å²) in [6, 6.07) is 19.1. The van der Waals surface area contributed by atoms with E-state index >= 15 is 0 Å². The molecule has 0 aliphatic carbocycles. The van der Waals surface area contributed by atoms with Crippen LogP contribution in [0.1, 0.15) is 24.3 Å². The lowest BCUT2D eigenvalue weighted by Gasteiger charge is -2.49. The molecule has 7 heteroatoms. The molecule has 0 saturated carbocycles. The molecule has 2 aromatic carbocycles. The van der Waals surface area contributed by atoms with Crippen LogP contribution in [0.15, 0.2) is 60.7 Å². The molecule has 0 bridgehead atoms. The highest BCUT2D eigenvalue weighted by Crippen LogP contribution is 2.35. The first kappa shape index (κ1) is 21.0. The molecule has 0 spiro atoms. The summed E-state index contributed by atoms with van der Waals surface area (Å²) >= 11 is 0. The summed E-state index contributed by atoms with van der Waals surface area (Å²) in [5.74, 6) is -0.191. The molecule has 7 nitrogen and oxygen atoms in total. The van der Waals surface area contributed by atoms with Crippen LogP contribution < -0.4 is 5.32 Å². The van der Waals surface area contributed by atoms with Gasteiger partial charge in [0.25, 0.3) is 0 Å². The lowest BCUT2D eigenvalue weighted by molar-refractivity contribution is -0.346. The number of hydrogen-bond donors (Lipinski definition) is 1. The molecule has 6 unspecified atom stereocenters. The Labute approximate surface area is 176 Å². The number of ether oxygens (including phenoxy) is 5. The predicted molar refractivity (Wildman–Crippen MR) is 108 cm³/mol. The summed E-state index contributed by atoms with van der Waals surface area (Å²) in [4.78, 5) is 11.9. The van der Waals surface area contributed by atoms with Gasteiger partial charge in [0.2, 0.25) is 5.91 Å². The average molecular weight is 413 g/mol. The van der Waals surface area contributed by atoms with Gasteiger partial charge in [-0.2, -0.15) is 0 Å². The topological polar surface area (TPSA) is 75.2 Å². The van der Waals surface area contributed by atoms with Crippen molar-refractivity contribution in [3.8, 4) is 0 Å². The maximum absolute atomic E-state index is 11.9. The first-order valence-corrected chi connectivity index (χ1v) is 10.1. The smallest absolute Gasteiger partial charge is 0.217 e. The molecule has 30 heavy (non-hydrogen) atoms. The second kappa shape index (κ2) is 9.68. The first-order valence-electron chi connectivity index (χ1n) is 10.1. The molecule has 2 aliphatic rings. The highest BCUT2D eigenvalue weighted by molar-refractivity contribution is 5.73. The minimum atomic E-state index is -0.670. The fourth-order valence-electron chi connectivity index (χ4n) is 3.91. The molecule has 2 fully saturated rings. The van der Waals surface area contributed by atoms with Crippen molar-refractivity contribution >= 4 is 5.91 Å². The maximum atomic E-state index is 11.9. The lowest BCUT2D eigenvalue weighted by Crippen LogP contribution is -2.67. The zero-order valence-electron chi connectivity index (χ0n) is 17.1. The van der Waals surface area contributed by atoms with E-state index in [0.717, 1.165) is 11.1 Å². The van der Waals surface area contributed by atoms with Crippen LogP contribution in [0, 0.1) is 0 Å². The molecule has 2 aliphatic heterocycles. The molecule has 6 atom stereocenters. The molecule has 4 rings (SSSR count). The number of methoxy groups -OCH3 is 1. The number of amides is 1. The van der Waals surface area contributed by atoms with E-state index in [2.05, 4.69) is 5.32 Å². The Morgan fingerprint density at radius 3 is 2.43 bits per heavy atom. The number of fused-ring (bicyclic) bond motifs is 1. The van der Waals surface area contributed by atoms with E-state index in [1.165, 1.54) is 6.92 Å². The minimum absolute atomic E-state index is 0.191. The van der Waals surface area contributed by atoms with Crippen molar-refractivity contribution in [2.45, 2.75) is 50.5 Å². The first-order chi connectivity index (χ1) is 14.7. The third-order valence-corrected chi connectivity index (χ3v) is 5.30. The number of rotatable bonds is 6. The standard InChI is InChI=1S/C23H27NO6/c1-15(25)24-19-21(27-13-16-9-5-3-6-10-16)20-18(29-23(19)26-2)14-28-22(30-20)17-11-7-4-8-12-17/h3-12,18-23H,13-14H2,1-2H3,(H,24,25). The molecular weight excluding hydrogens is 386 g/mol. The number of carbonyl (C=O) groups is 1. The van der Waals surface area contributed by atoms with Gasteiger partial charge >= 0.3 is 0 Å². The highest BCUT2D eigenvalue weighted by Gasteiger charge is 2.51. The largest absolute Gasteiger partial charge is 0.368 e. The minimum Gasteiger partial charge on any atom is -0.368 e. The van der Waals surface area contributed by atoms with Crippen molar-refractivity contribution in [3.05, 3.63) is 71.8 Å². The summed E-state index contributed by atoms with van der Waals surface area (Å²) in [7, 11) is 1.55. The van der Waals surface area contributed by atoms with Crippen molar-refractivity contribution in [2.75, 3.05) is 13.7 Å². The third-order valence-electron chi connectivity index (χ3n) is 5.30. The van der Waals surface area contributed by atoms with E-state index in [1.807, 2.05) is 60.7 Å². The molecular formula is C23H27NO6. The van der Waals surface area contributed by atoms with Gasteiger partial charge in [-0.3, -0.25) is 4.79 Å². The molecule has 2 heterocycles. The van der Waals surface area contributed by atoms with Crippen molar-refractivity contribution in [1.29, 1.82) is 0 Å². The Morgan fingerprint density at radius 2 is 1.77 bits per heavy atom. The number of benzene rings is 2. The van der Waals surface area contributed by atoms with Gasteiger partial charge in [0.1, 0.15) is 24.4 Å². The van der Waals surface area contributed by atoms with Crippen LogP contribution in [-0.4, -0.2) is 50.3 Å². The molecule has 1 amide bonds. The van der Waals surface area contributed by atoms with Gasteiger partial charge < -0.3 is 29.0 Å². The highest BCUT2D eigenvalue weighted by atomic mass is 16.7. The summed E-state index contributed by atoms with van der Waals surface area (Å²) in [6.45, 7) is 2.17. The Bertz CT molecular complexity index is 817. The van der Waals surface area contributed by atoms with Crippen molar-refractivity contribution < 1.29 is 28.5 Å². The van der Waals surface area contributed by atoms with Crippen molar-refractivity contribution in [3.63, 3.8) is 0 Å². The Morgan fingerprint density at radius 1 is 1.07 bits per heavy atom. The third kappa shape index (κ3) is 4.71. The van der Waals surface area contributed by atoms with Crippen LogP contribution in [0.2, 0.25) is 0 Å². The molecule has 2 saturated heterocycles. The van der Waals surface area contributed by atoms with E-state index < -0.39 is 30.8 Å². The number of hydrogen-bond acceptors (Lipinski definition) is 6. The monoisotopic (exact) mass is 413 g/mol. The molecule has 0 radical (unpaired) electrons. The predicted octanol–water partition coefficient (Wildman–Crippen LogP) is 2.56. The Kier molecular flexibility index (Phi) is 6.76. The molecule has 1 N–H and O–H groups in total. The van der Waals surface area contributed by atoms with Gasteiger partial charge in [-0.15, -0.1) is 0 Å². The van der Waals surface area contributed by atoms with Crippen molar-refractivity contribution in [1.82, 2.24) is 5.32 Å². The Hall–Kier alpha value is -2.29. The van der Waals surface area contributed by atoms with Gasteiger partial charge in [0.05, 0.1) is 13.2 Å². The molecule has 0 aromatic heterocycles. The lowest BCUT2D eigenvalue weighted by atomic mass is 9.95. The molecule has 2 aromatic rings. The summed E-state index contributed by atoms with van der Waals surface area (Å²) in [6.07, 6.45) is -2.49. The van der Waals surface area contributed by atoms with Crippen LogP contribution in [0.25, 0.3) is 0 Å². The van der Waals surface area contributed by atoms with Crippen LogP contribution in [0.3, 0.4) is 0 Å². The number of nitrogens with one attached hydrogen (secondary N) is 1. The van der Waals surface area contributed by atoms with E-state index in [1.54, 1.807) is 7.11 Å². The van der Waals surface area contributed by atoms with E-state index in [0.29, 0.717) is 13.2 Å². The average Bonchev–Trinajstić information content (AvgIpc) is 2.78. The fraction of sp³-hybridized carbons (Fsp3) is 0.435. The zero-order chi connectivity index (χ0) is 20.9. The van der Waals surface area contributed by atoms with E-state index in [-0.39, 0.29) is 12.0 Å². The van der Waals surface area contributed by atoms with Crippen LogP contribution in [0.5, 0.6) is 0 Å². The number of carbonyl (C=O) groups excluding carboxylic acids is 1. The van der Waals surface area contributed by atoms with Gasteiger partial charge in [-0.1, -0.05) is 60.7 Å². The van der Waals surface area contributed by atoms with E-state index in [9.17, 15) is 4.79 Å². The summed E-state index contributed by atoms with van der Waals surface area (Å²) in [5, 5.41) is 2.92. The van der Waals surface area contributed by atoms with Crippen LogP contribution in [0.4, 0.5) is 0 Å².